The van der Waals surface area contributed by atoms with E-state index >= 15 is 0 Å². The van der Waals surface area contributed by atoms with Crippen molar-refractivity contribution < 1.29 is 9.15 Å². The summed E-state index contributed by atoms with van der Waals surface area (Å²) in [5, 5.41) is 3.55. The third-order valence-corrected chi connectivity index (χ3v) is 4.41. The number of ether oxygens (including phenoxy) is 1. The third kappa shape index (κ3) is 3.45. The van der Waals surface area contributed by atoms with Gasteiger partial charge in [-0.15, -0.1) is 0 Å². The van der Waals surface area contributed by atoms with Crippen LogP contribution in [0.5, 0.6) is 5.75 Å². The SMILES string of the molecule is CCCNC(c1ccc(OC)cc1Br)c1ccoc1Br. The Morgan fingerprint density at radius 1 is 1.25 bits per heavy atom. The molecule has 0 spiro atoms. The predicted molar refractivity (Wildman–Crippen MR) is 87.2 cm³/mol. The van der Waals surface area contributed by atoms with Gasteiger partial charge in [-0.1, -0.05) is 28.9 Å². The molecule has 2 aromatic rings. The van der Waals surface area contributed by atoms with Crippen molar-refractivity contribution in [3.8, 4) is 5.75 Å². The Morgan fingerprint density at radius 3 is 2.60 bits per heavy atom. The normalized spacial score (nSPS) is 12.4. The summed E-state index contributed by atoms with van der Waals surface area (Å²) in [6.45, 7) is 3.08. The average molecular weight is 403 g/mol. The lowest BCUT2D eigenvalue weighted by Crippen LogP contribution is -2.23. The van der Waals surface area contributed by atoms with E-state index in [-0.39, 0.29) is 6.04 Å². The van der Waals surface area contributed by atoms with Crippen molar-refractivity contribution in [3.63, 3.8) is 0 Å². The van der Waals surface area contributed by atoms with E-state index in [9.17, 15) is 0 Å². The molecule has 0 aliphatic carbocycles. The molecular weight excluding hydrogens is 386 g/mol. The number of benzene rings is 1. The van der Waals surface area contributed by atoms with Gasteiger partial charge < -0.3 is 14.5 Å². The number of rotatable bonds is 6. The summed E-state index contributed by atoms with van der Waals surface area (Å²) in [4.78, 5) is 0. The fourth-order valence-corrected chi connectivity index (χ4v) is 3.11. The van der Waals surface area contributed by atoms with E-state index in [1.54, 1.807) is 13.4 Å². The monoisotopic (exact) mass is 401 g/mol. The standard InChI is InChI=1S/C15H17Br2NO2/c1-3-7-18-14(12-6-8-20-15(12)17)11-5-4-10(19-2)9-13(11)16/h4-6,8-9,14,18H,3,7H2,1-2H3. The van der Waals surface area contributed by atoms with Crippen LogP contribution in [0.25, 0.3) is 0 Å². The predicted octanol–water partition coefficient (Wildman–Crippen LogP) is 4.90. The van der Waals surface area contributed by atoms with Gasteiger partial charge in [0.05, 0.1) is 19.4 Å². The van der Waals surface area contributed by atoms with Crippen molar-refractivity contribution in [1.29, 1.82) is 0 Å². The summed E-state index contributed by atoms with van der Waals surface area (Å²) in [7, 11) is 1.67. The second kappa shape index (κ2) is 7.29. The lowest BCUT2D eigenvalue weighted by molar-refractivity contribution is 0.414. The molecule has 5 heteroatoms. The first-order valence-corrected chi connectivity index (χ1v) is 8.05. The molecule has 1 heterocycles. The zero-order chi connectivity index (χ0) is 14.5. The highest BCUT2D eigenvalue weighted by atomic mass is 79.9. The molecule has 1 unspecified atom stereocenters. The van der Waals surface area contributed by atoms with Crippen molar-refractivity contribution in [1.82, 2.24) is 5.32 Å². The fraction of sp³-hybridized carbons (Fsp3) is 0.333. The Bertz CT molecular complexity index is 569. The number of hydrogen-bond donors (Lipinski definition) is 1. The van der Waals surface area contributed by atoms with Crippen LogP contribution in [0, 0.1) is 0 Å². The van der Waals surface area contributed by atoms with Crippen molar-refractivity contribution in [3.05, 3.63) is 50.8 Å². The third-order valence-electron chi connectivity index (χ3n) is 3.07. The Hall–Kier alpha value is -0.780. The van der Waals surface area contributed by atoms with Crippen LogP contribution in [0.3, 0.4) is 0 Å². The number of hydrogen-bond acceptors (Lipinski definition) is 3. The maximum absolute atomic E-state index is 5.37. The van der Waals surface area contributed by atoms with Crippen molar-refractivity contribution in [2.45, 2.75) is 19.4 Å². The molecule has 20 heavy (non-hydrogen) atoms. The largest absolute Gasteiger partial charge is 0.497 e. The summed E-state index contributed by atoms with van der Waals surface area (Å²) < 4.78 is 12.4. The van der Waals surface area contributed by atoms with E-state index in [1.807, 2.05) is 18.2 Å². The minimum absolute atomic E-state index is 0.0726. The van der Waals surface area contributed by atoms with Crippen LogP contribution in [0.2, 0.25) is 0 Å². The van der Waals surface area contributed by atoms with E-state index < -0.39 is 0 Å². The molecule has 2 rings (SSSR count). The van der Waals surface area contributed by atoms with Gasteiger partial charge in [0, 0.05) is 10.0 Å². The number of furan rings is 1. The lowest BCUT2D eigenvalue weighted by Gasteiger charge is -2.20. The minimum atomic E-state index is 0.0726. The van der Waals surface area contributed by atoms with Crippen LogP contribution in [0.4, 0.5) is 0 Å². The Balaban J connectivity index is 2.38. The van der Waals surface area contributed by atoms with Gasteiger partial charge >= 0.3 is 0 Å². The highest BCUT2D eigenvalue weighted by Crippen LogP contribution is 2.35. The molecule has 1 N–H and O–H groups in total. The van der Waals surface area contributed by atoms with Gasteiger partial charge in [0.25, 0.3) is 0 Å². The average Bonchev–Trinajstić information content (AvgIpc) is 2.87. The van der Waals surface area contributed by atoms with E-state index in [0.29, 0.717) is 0 Å². The van der Waals surface area contributed by atoms with Crippen LogP contribution in [-0.2, 0) is 0 Å². The van der Waals surface area contributed by atoms with Crippen LogP contribution in [-0.4, -0.2) is 13.7 Å². The maximum Gasteiger partial charge on any atom is 0.174 e. The molecule has 0 amide bonds. The van der Waals surface area contributed by atoms with E-state index in [2.05, 4.69) is 50.2 Å². The van der Waals surface area contributed by atoms with Crippen molar-refractivity contribution >= 4 is 31.9 Å². The van der Waals surface area contributed by atoms with Gasteiger partial charge in [-0.3, -0.25) is 0 Å². The van der Waals surface area contributed by atoms with Gasteiger partial charge in [-0.2, -0.15) is 0 Å². The Morgan fingerprint density at radius 2 is 2.05 bits per heavy atom. The summed E-state index contributed by atoms with van der Waals surface area (Å²) in [6, 6.07) is 8.06. The molecule has 0 aliphatic rings. The fourth-order valence-electron chi connectivity index (χ4n) is 2.06. The maximum atomic E-state index is 5.37. The smallest absolute Gasteiger partial charge is 0.174 e. The molecule has 1 aromatic carbocycles. The molecule has 0 aliphatic heterocycles. The van der Waals surface area contributed by atoms with Gasteiger partial charge in [0.15, 0.2) is 4.67 Å². The Kier molecular flexibility index (Phi) is 5.69. The first-order chi connectivity index (χ1) is 9.67. The zero-order valence-corrected chi connectivity index (χ0v) is 14.6. The first-order valence-electron chi connectivity index (χ1n) is 6.47. The van der Waals surface area contributed by atoms with Gasteiger partial charge in [0.1, 0.15) is 5.75 Å². The molecular formula is C15H17Br2NO2. The van der Waals surface area contributed by atoms with E-state index in [1.165, 1.54) is 0 Å². The molecule has 0 saturated carbocycles. The molecule has 0 bridgehead atoms. The number of halogens is 2. The molecule has 108 valence electrons. The zero-order valence-electron chi connectivity index (χ0n) is 11.5. The molecule has 0 fully saturated rings. The van der Waals surface area contributed by atoms with Gasteiger partial charge in [-0.05, 0) is 52.7 Å². The lowest BCUT2D eigenvalue weighted by atomic mass is 10.0. The summed E-state index contributed by atoms with van der Waals surface area (Å²) >= 11 is 7.09. The van der Waals surface area contributed by atoms with Crippen molar-refractivity contribution in [2.24, 2.45) is 0 Å². The highest BCUT2D eigenvalue weighted by Gasteiger charge is 2.20. The van der Waals surface area contributed by atoms with Crippen LogP contribution >= 0.6 is 31.9 Å². The van der Waals surface area contributed by atoms with Crippen molar-refractivity contribution in [2.75, 3.05) is 13.7 Å². The van der Waals surface area contributed by atoms with Gasteiger partial charge in [-0.25, -0.2) is 0 Å². The first kappa shape index (κ1) is 15.6. The second-order valence-electron chi connectivity index (χ2n) is 4.42. The second-order valence-corrected chi connectivity index (χ2v) is 6.00. The van der Waals surface area contributed by atoms with Gasteiger partial charge in [0.2, 0.25) is 0 Å². The molecule has 3 nitrogen and oxygen atoms in total. The van der Waals surface area contributed by atoms with Crippen LogP contribution < -0.4 is 10.1 Å². The summed E-state index contributed by atoms with van der Waals surface area (Å²) in [6.07, 6.45) is 2.76. The summed E-state index contributed by atoms with van der Waals surface area (Å²) in [5.41, 5.74) is 2.24. The molecule has 1 atom stereocenters. The van der Waals surface area contributed by atoms with Crippen LogP contribution in [0.15, 0.2) is 44.1 Å². The highest BCUT2D eigenvalue weighted by molar-refractivity contribution is 9.10. The molecule has 1 aromatic heterocycles. The summed E-state index contributed by atoms with van der Waals surface area (Å²) in [5.74, 6) is 0.834. The molecule has 0 radical (unpaired) electrons. The van der Waals surface area contributed by atoms with E-state index in [0.717, 1.165) is 39.0 Å². The number of nitrogens with one attached hydrogen (secondary N) is 1. The van der Waals surface area contributed by atoms with Crippen LogP contribution in [0.1, 0.15) is 30.5 Å². The Labute approximate surface area is 136 Å². The quantitative estimate of drug-likeness (QED) is 0.745. The number of methoxy groups -OCH3 is 1. The topological polar surface area (TPSA) is 34.4 Å². The molecule has 0 saturated heterocycles. The van der Waals surface area contributed by atoms with E-state index in [4.69, 9.17) is 9.15 Å². The minimum Gasteiger partial charge on any atom is -0.497 e.